The molecule has 0 aromatic heterocycles. The summed E-state index contributed by atoms with van der Waals surface area (Å²) < 4.78 is 19.3. The molecule has 0 spiro atoms. The van der Waals surface area contributed by atoms with Crippen molar-refractivity contribution < 1.29 is 18.7 Å². The van der Waals surface area contributed by atoms with Gasteiger partial charge >= 0.3 is 0 Å². The predicted molar refractivity (Wildman–Crippen MR) is 97.5 cm³/mol. The van der Waals surface area contributed by atoms with Crippen LogP contribution >= 0.6 is 0 Å². The quantitative estimate of drug-likeness (QED) is 0.770. The van der Waals surface area contributed by atoms with E-state index < -0.39 is 17.1 Å². The largest absolute Gasteiger partial charge is 0.491 e. The summed E-state index contributed by atoms with van der Waals surface area (Å²) in [6.45, 7) is 3.86. The van der Waals surface area contributed by atoms with Gasteiger partial charge in [0.15, 0.2) is 0 Å². The van der Waals surface area contributed by atoms with Crippen LogP contribution in [0.3, 0.4) is 0 Å². The summed E-state index contributed by atoms with van der Waals surface area (Å²) in [5, 5.41) is 5.27. The van der Waals surface area contributed by atoms with Gasteiger partial charge in [-0.25, -0.2) is 4.39 Å². The zero-order valence-corrected chi connectivity index (χ0v) is 14.7. The number of benzene rings is 2. The Morgan fingerprint density at radius 3 is 2.19 bits per heavy atom. The maximum Gasteiger partial charge on any atom is 0.240 e. The van der Waals surface area contributed by atoms with E-state index in [-0.39, 0.29) is 17.7 Å². The first-order valence-corrected chi connectivity index (χ1v) is 8.55. The maximum atomic E-state index is 13.7. The Morgan fingerprint density at radius 1 is 1.00 bits per heavy atom. The Labute approximate surface area is 151 Å². The van der Waals surface area contributed by atoms with Gasteiger partial charge in [-0.15, -0.1) is 0 Å². The van der Waals surface area contributed by atoms with Crippen LogP contribution in [0.15, 0.2) is 48.5 Å². The fourth-order valence-electron chi connectivity index (χ4n) is 2.63. The van der Waals surface area contributed by atoms with Gasteiger partial charge in [0.2, 0.25) is 11.8 Å². The van der Waals surface area contributed by atoms with Crippen molar-refractivity contribution in [3.63, 3.8) is 0 Å². The van der Waals surface area contributed by atoms with Gasteiger partial charge in [-0.05, 0) is 63.1 Å². The molecule has 0 radical (unpaired) electrons. The van der Waals surface area contributed by atoms with E-state index in [1.165, 1.54) is 18.2 Å². The molecule has 0 unspecified atom stereocenters. The minimum Gasteiger partial charge on any atom is -0.491 e. The molecule has 0 atom stereocenters. The Kier molecular flexibility index (Phi) is 4.93. The van der Waals surface area contributed by atoms with Crippen LogP contribution in [0.2, 0.25) is 0 Å². The van der Waals surface area contributed by atoms with Crippen LogP contribution in [-0.2, 0) is 9.59 Å². The Bertz CT molecular complexity index is 814. The summed E-state index contributed by atoms with van der Waals surface area (Å²) in [6.07, 6.45) is 0.939. The van der Waals surface area contributed by atoms with Gasteiger partial charge in [-0.2, -0.15) is 0 Å². The molecule has 0 heterocycles. The molecule has 26 heavy (non-hydrogen) atoms. The number of ether oxygens (including phenoxy) is 1. The summed E-state index contributed by atoms with van der Waals surface area (Å²) in [4.78, 5) is 25.1. The van der Waals surface area contributed by atoms with Crippen molar-refractivity contribution in [1.82, 2.24) is 0 Å². The molecule has 5 nitrogen and oxygen atoms in total. The van der Waals surface area contributed by atoms with Crippen LogP contribution in [0.5, 0.6) is 5.75 Å². The lowest BCUT2D eigenvalue weighted by Crippen LogP contribution is -2.35. The number of carbonyl (C=O) groups excluding carboxylic acids is 2. The SMILES string of the molecule is CC(C)Oc1ccc(NC(=O)C2(C(=O)Nc3ccccc3F)CC2)cc1. The second-order valence-electron chi connectivity index (χ2n) is 6.66. The molecule has 0 aliphatic heterocycles. The van der Waals surface area contributed by atoms with Crippen LogP contribution in [0, 0.1) is 11.2 Å². The summed E-state index contributed by atoms with van der Waals surface area (Å²) in [5.74, 6) is -0.696. The van der Waals surface area contributed by atoms with E-state index >= 15 is 0 Å². The van der Waals surface area contributed by atoms with Gasteiger partial charge in [-0.3, -0.25) is 9.59 Å². The minimum absolute atomic E-state index is 0.0623. The Balaban J connectivity index is 1.65. The molecule has 2 aromatic carbocycles. The highest BCUT2D eigenvalue weighted by Gasteiger charge is 2.56. The van der Waals surface area contributed by atoms with Crippen LogP contribution in [0.25, 0.3) is 0 Å². The van der Waals surface area contributed by atoms with Crippen molar-refractivity contribution in [2.24, 2.45) is 5.41 Å². The van der Waals surface area contributed by atoms with Crippen molar-refractivity contribution in [2.75, 3.05) is 10.6 Å². The monoisotopic (exact) mass is 356 g/mol. The fourth-order valence-corrected chi connectivity index (χ4v) is 2.63. The zero-order valence-electron chi connectivity index (χ0n) is 14.7. The van der Waals surface area contributed by atoms with Crippen LogP contribution < -0.4 is 15.4 Å². The smallest absolute Gasteiger partial charge is 0.240 e. The van der Waals surface area contributed by atoms with E-state index in [4.69, 9.17) is 4.74 Å². The summed E-state index contributed by atoms with van der Waals surface area (Å²) in [6, 6.07) is 12.9. The summed E-state index contributed by atoms with van der Waals surface area (Å²) in [5.41, 5.74) is -0.488. The minimum atomic E-state index is -1.14. The molecule has 1 aliphatic carbocycles. The molecule has 6 heteroatoms. The van der Waals surface area contributed by atoms with Crippen LogP contribution in [0.1, 0.15) is 26.7 Å². The number of nitrogens with one attached hydrogen (secondary N) is 2. The molecule has 2 N–H and O–H groups in total. The van der Waals surface area contributed by atoms with Gasteiger partial charge in [0.25, 0.3) is 0 Å². The predicted octanol–water partition coefficient (Wildman–Crippen LogP) is 3.97. The van der Waals surface area contributed by atoms with E-state index in [1.807, 2.05) is 13.8 Å². The van der Waals surface area contributed by atoms with Crippen molar-refractivity contribution in [3.8, 4) is 5.75 Å². The fraction of sp³-hybridized carbons (Fsp3) is 0.300. The molecule has 136 valence electrons. The average molecular weight is 356 g/mol. The van der Waals surface area contributed by atoms with Crippen molar-refractivity contribution in [1.29, 1.82) is 0 Å². The summed E-state index contributed by atoms with van der Waals surface area (Å²) in [7, 11) is 0. The number of para-hydroxylation sites is 1. The molecular formula is C20H21FN2O3. The molecule has 1 fully saturated rings. The average Bonchev–Trinajstić information content (AvgIpc) is 3.40. The lowest BCUT2D eigenvalue weighted by molar-refractivity contribution is -0.131. The highest BCUT2D eigenvalue weighted by molar-refractivity contribution is 6.16. The van der Waals surface area contributed by atoms with Gasteiger partial charge in [-0.1, -0.05) is 12.1 Å². The van der Waals surface area contributed by atoms with E-state index in [9.17, 15) is 14.0 Å². The zero-order chi connectivity index (χ0) is 18.7. The highest BCUT2D eigenvalue weighted by Crippen LogP contribution is 2.47. The number of hydrogen-bond donors (Lipinski definition) is 2. The molecule has 3 rings (SSSR count). The van der Waals surface area contributed by atoms with Gasteiger partial charge in [0.1, 0.15) is 17.0 Å². The molecular weight excluding hydrogens is 335 g/mol. The van der Waals surface area contributed by atoms with E-state index in [1.54, 1.807) is 30.3 Å². The van der Waals surface area contributed by atoms with Gasteiger partial charge in [0.05, 0.1) is 11.8 Å². The summed E-state index contributed by atoms with van der Waals surface area (Å²) >= 11 is 0. The molecule has 2 amide bonds. The van der Waals surface area contributed by atoms with Crippen molar-refractivity contribution >= 4 is 23.2 Å². The number of hydrogen-bond acceptors (Lipinski definition) is 3. The van der Waals surface area contributed by atoms with E-state index in [0.29, 0.717) is 24.3 Å². The maximum absolute atomic E-state index is 13.7. The Hall–Kier alpha value is -2.89. The molecule has 1 aliphatic rings. The number of anilines is 2. The van der Waals surface area contributed by atoms with Crippen molar-refractivity contribution in [2.45, 2.75) is 32.8 Å². The normalized spacial score (nSPS) is 14.6. The third-order valence-corrected chi connectivity index (χ3v) is 4.23. The third kappa shape index (κ3) is 3.85. The molecule has 0 bridgehead atoms. The topological polar surface area (TPSA) is 67.4 Å². The number of halogens is 1. The third-order valence-electron chi connectivity index (χ3n) is 4.23. The number of carbonyl (C=O) groups is 2. The number of rotatable bonds is 6. The lowest BCUT2D eigenvalue weighted by atomic mass is 10.0. The first-order chi connectivity index (χ1) is 12.4. The standard InChI is InChI=1S/C20H21FN2O3/c1-13(2)26-15-9-7-14(8-10-15)22-18(24)20(11-12-20)19(25)23-17-6-4-3-5-16(17)21/h3-10,13H,11-12H2,1-2H3,(H,22,24)(H,23,25). The second kappa shape index (κ2) is 7.15. The van der Waals surface area contributed by atoms with Gasteiger partial charge in [0, 0.05) is 5.69 Å². The molecule has 1 saturated carbocycles. The Morgan fingerprint density at radius 2 is 1.62 bits per heavy atom. The van der Waals surface area contributed by atoms with Crippen LogP contribution in [0.4, 0.5) is 15.8 Å². The molecule has 2 aromatic rings. The first kappa shape index (κ1) is 17.9. The van der Waals surface area contributed by atoms with E-state index in [2.05, 4.69) is 10.6 Å². The lowest BCUT2D eigenvalue weighted by Gasteiger charge is -2.16. The highest BCUT2D eigenvalue weighted by atomic mass is 19.1. The van der Waals surface area contributed by atoms with Gasteiger partial charge < -0.3 is 15.4 Å². The second-order valence-corrected chi connectivity index (χ2v) is 6.66. The van der Waals surface area contributed by atoms with E-state index in [0.717, 1.165) is 0 Å². The van der Waals surface area contributed by atoms with Crippen LogP contribution in [-0.4, -0.2) is 17.9 Å². The molecule has 0 saturated heterocycles. The first-order valence-electron chi connectivity index (χ1n) is 8.55. The number of amides is 2. The van der Waals surface area contributed by atoms with Crippen molar-refractivity contribution in [3.05, 3.63) is 54.3 Å².